The minimum atomic E-state index is -0.496. The second-order valence-corrected chi connectivity index (χ2v) is 5.38. The second kappa shape index (κ2) is 6.16. The van der Waals surface area contributed by atoms with E-state index in [0.717, 1.165) is 11.3 Å². The fraction of sp³-hybridized carbons (Fsp3) is 0.211. The Morgan fingerprint density at radius 2 is 1.83 bits per heavy atom. The van der Waals surface area contributed by atoms with Gasteiger partial charge in [0.1, 0.15) is 17.1 Å². The van der Waals surface area contributed by atoms with Crippen LogP contribution in [0, 0.1) is 0 Å². The van der Waals surface area contributed by atoms with Crippen molar-refractivity contribution >= 4 is 11.0 Å². The van der Waals surface area contributed by atoms with Gasteiger partial charge in [0.25, 0.3) is 0 Å². The molecule has 0 aliphatic heterocycles. The maximum Gasteiger partial charge on any atom is 0.343 e. The second-order valence-electron chi connectivity index (χ2n) is 5.38. The molecule has 1 heterocycles. The number of hydrogen-bond acceptors (Lipinski definition) is 4. The van der Waals surface area contributed by atoms with Crippen molar-refractivity contribution in [1.82, 2.24) is 0 Å². The molecular formula is C19H18O4. The number of fused-ring (bicyclic) bond motifs is 1. The Bertz CT molecular complexity index is 878. The van der Waals surface area contributed by atoms with Gasteiger partial charge in [-0.2, -0.15) is 0 Å². The first-order valence-electron chi connectivity index (χ1n) is 7.54. The normalized spacial score (nSPS) is 12.3. The third-order valence-electron chi connectivity index (χ3n) is 4.09. The van der Waals surface area contributed by atoms with Crippen LogP contribution in [0.4, 0.5) is 0 Å². The molecule has 4 heteroatoms. The Hall–Kier alpha value is -2.75. The van der Waals surface area contributed by atoms with Gasteiger partial charge < -0.3 is 14.3 Å². The van der Waals surface area contributed by atoms with Gasteiger partial charge in [-0.15, -0.1) is 0 Å². The summed E-state index contributed by atoms with van der Waals surface area (Å²) in [7, 11) is 1.61. The molecule has 3 aromatic rings. The Kier molecular flexibility index (Phi) is 4.06. The Labute approximate surface area is 134 Å². The van der Waals surface area contributed by atoms with Gasteiger partial charge in [0.05, 0.1) is 18.1 Å². The van der Waals surface area contributed by atoms with Crippen LogP contribution in [-0.2, 0) is 0 Å². The standard InChI is InChI=1S/C19H18O4/c1-3-14(12-8-10-13(22-2)11-9-12)17-18(20)15-6-4-5-7-16(15)23-19(17)21/h4-11,14,20H,3H2,1-2H3. The van der Waals surface area contributed by atoms with E-state index in [1.165, 1.54) is 0 Å². The van der Waals surface area contributed by atoms with E-state index in [9.17, 15) is 9.90 Å². The minimum Gasteiger partial charge on any atom is -0.507 e. The first kappa shape index (κ1) is 15.2. The van der Waals surface area contributed by atoms with Gasteiger partial charge >= 0.3 is 5.63 Å². The zero-order valence-corrected chi connectivity index (χ0v) is 13.1. The molecule has 0 amide bonds. The van der Waals surface area contributed by atoms with Crippen LogP contribution in [0.2, 0.25) is 0 Å². The lowest BCUT2D eigenvalue weighted by Crippen LogP contribution is -2.13. The average Bonchev–Trinajstić information content (AvgIpc) is 2.59. The van der Waals surface area contributed by atoms with Crippen molar-refractivity contribution in [3.8, 4) is 11.5 Å². The third-order valence-corrected chi connectivity index (χ3v) is 4.09. The predicted octanol–water partition coefficient (Wildman–Crippen LogP) is 4.05. The first-order valence-corrected chi connectivity index (χ1v) is 7.54. The van der Waals surface area contributed by atoms with Crippen LogP contribution in [0.1, 0.15) is 30.4 Å². The van der Waals surface area contributed by atoms with Gasteiger partial charge in [0.2, 0.25) is 0 Å². The van der Waals surface area contributed by atoms with Crippen molar-refractivity contribution in [1.29, 1.82) is 0 Å². The van der Waals surface area contributed by atoms with E-state index in [0.29, 0.717) is 23.0 Å². The highest BCUT2D eigenvalue weighted by Crippen LogP contribution is 2.36. The molecule has 23 heavy (non-hydrogen) atoms. The summed E-state index contributed by atoms with van der Waals surface area (Å²) in [4.78, 5) is 12.4. The van der Waals surface area contributed by atoms with Gasteiger partial charge in [0.15, 0.2) is 0 Å². The van der Waals surface area contributed by atoms with E-state index >= 15 is 0 Å². The van der Waals surface area contributed by atoms with E-state index in [2.05, 4.69) is 0 Å². The maximum absolute atomic E-state index is 12.4. The number of methoxy groups -OCH3 is 1. The molecule has 0 bridgehead atoms. The first-order chi connectivity index (χ1) is 11.2. The van der Waals surface area contributed by atoms with Gasteiger partial charge in [0, 0.05) is 5.92 Å². The van der Waals surface area contributed by atoms with Crippen molar-refractivity contribution in [3.05, 3.63) is 70.1 Å². The van der Waals surface area contributed by atoms with Crippen LogP contribution in [0.15, 0.2) is 57.7 Å². The quantitative estimate of drug-likeness (QED) is 0.739. The monoisotopic (exact) mass is 310 g/mol. The molecule has 0 fully saturated rings. The van der Waals surface area contributed by atoms with Crippen molar-refractivity contribution in [2.24, 2.45) is 0 Å². The largest absolute Gasteiger partial charge is 0.507 e. The van der Waals surface area contributed by atoms with E-state index in [1.807, 2.05) is 31.2 Å². The Morgan fingerprint density at radius 1 is 1.13 bits per heavy atom. The number of rotatable bonds is 4. The van der Waals surface area contributed by atoms with Crippen LogP contribution >= 0.6 is 0 Å². The number of ether oxygens (including phenoxy) is 1. The fourth-order valence-corrected chi connectivity index (χ4v) is 2.90. The number of para-hydroxylation sites is 1. The van der Waals surface area contributed by atoms with Gasteiger partial charge in [-0.05, 0) is 36.2 Å². The Morgan fingerprint density at radius 3 is 2.48 bits per heavy atom. The van der Waals surface area contributed by atoms with Crippen LogP contribution in [-0.4, -0.2) is 12.2 Å². The molecule has 0 aliphatic rings. The lowest BCUT2D eigenvalue weighted by Gasteiger charge is -2.17. The van der Waals surface area contributed by atoms with Gasteiger partial charge in [-0.1, -0.05) is 31.2 Å². The summed E-state index contributed by atoms with van der Waals surface area (Å²) in [5.41, 5.74) is 1.13. The molecule has 1 unspecified atom stereocenters. The van der Waals surface area contributed by atoms with Crippen molar-refractivity contribution in [2.45, 2.75) is 19.3 Å². The summed E-state index contributed by atoms with van der Waals surface area (Å²) < 4.78 is 10.5. The zero-order chi connectivity index (χ0) is 16.4. The molecule has 1 N–H and O–H groups in total. The summed E-state index contributed by atoms with van der Waals surface area (Å²) in [6.45, 7) is 1.98. The topological polar surface area (TPSA) is 59.7 Å². The summed E-state index contributed by atoms with van der Waals surface area (Å²) in [5, 5.41) is 11.2. The van der Waals surface area contributed by atoms with E-state index in [1.54, 1.807) is 31.4 Å². The fourth-order valence-electron chi connectivity index (χ4n) is 2.90. The van der Waals surface area contributed by atoms with Crippen LogP contribution in [0.25, 0.3) is 11.0 Å². The molecule has 0 radical (unpaired) electrons. The van der Waals surface area contributed by atoms with Gasteiger partial charge in [-0.25, -0.2) is 4.79 Å². The highest BCUT2D eigenvalue weighted by molar-refractivity contribution is 5.84. The highest BCUT2D eigenvalue weighted by atomic mass is 16.5. The van der Waals surface area contributed by atoms with E-state index < -0.39 is 5.63 Å². The molecule has 0 spiro atoms. The van der Waals surface area contributed by atoms with Crippen LogP contribution in [0.3, 0.4) is 0 Å². The molecule has 0 saturated carbocycles. The van der Waals surface area contributed by atoms with Gasteiger partial charge in [-0.3, -0.25) is 0 Å². The lowest BCUT2D eigenvalue weighted by atomic mass is 9.89. The van der Waals surface area contributed by atoms with E-state index in [-0.39, 0.29) is 11.7 Å². The van der Waals surface area contributed by atoms with Crippen molar-refractivity contribution in [3.63, 3.8) is 0 Å². The molecular weight excluding hydrogens is 292 g/mol. The summed E-state index contributed by atoms with van der Waals surface area (Å²) in [6, 6.07) is 14.5. The maximum atomic E-state index is 12.4. The lowest BCUT2D eigenvalue weighted by molar-refractivity contribution is 0.414. The summed E-state index contributed by atoms with van der Waals surface area (Å²) in [6.07, 6.45) is 0.670. The average molecular weight is 310 g/mol. The predicted molar refractivity (Wildman–Crippen MR) is 89.3 cm³/mol. The molecule has 2 aromatic carbocycles. The molecule has 1 aromatic heterocycles. The van der Waals surface area contributed by atoms with Crippen molar-refractivity contribution < 1.29 is 14.3 Å². The van der Waals surface area contributed by atoms with Crippen LogP contribution in [0.5, 0.6) is 11.5 Å². The van der Waals surface area contributed by atoms with Crippen LogP contribution < -0.4 is 10.4 Å². The highest BCUT2D eigenvalue weighted by Gasteiger charge is 2.23. The SMILES string of the molecule is CCC(c1ccc(OC)cc1)c1c(O)c2ccccc2oc1=O. The minimum absolute atomic E-state index is 0.000446. The molecule has 0 aliphatic carbocycles. The smallest absolute Gasteiger partial charge is 0.343 e. The molecule has 118 valence electrons. The molecule has 1 atom stereocenters. The molecule has 3 rings (SSSR count). The molecule has 0 saturated heterocycles. The number of hydrogen-bond donors (Lipinski definition) is 1. The molecule has 4 nitrogen and oxygen atoms in total. The summed E-state index contributed by atoms with van der Waals surface area (Å²) >= 11 is 0. The Balaban J connectivity index is 2.17. The zero-order valence-electron chi connectivity index (χ0n) is 13.1. The third kappa shape index (κ3) is 2.68. The van der Waals surface area contributed by atoms with E-state index in [4.69, 9.17) is 9.15 Å². The number of benzene rings is 2. The summed E-state index contributed by atoms with van der Waals surface area (Å²) in [5.74, 6) is 0.514. The van der Waals surface area contributed by atoms with Crippen molar-refractivity contribution in [2.75, 3.05) is 7.11 Å². The number of aromatic hydroxyl groups is 1.